The molecule has 2 atom stereocenters. The number of hydrogen-bond acceptors (Lipinski definition) is 2. The molecule has 0 amide bonds. The molecule has 0 aromatic heterocycles. The average molecular weight is 206 g/mol. The second-order valence-corrected chi connectivity index (χ2v) is 4.09. The van der Waals surface area contributed by atoms with E-state index in [1.807, 2.05) is 12.1 Å². The molecule has 1 aromatic carbocycles. The Labute approximate surface area is 91.2 Å². The quantitative estimate of drug-likeness (QED) is 0.752. The topological polar surface area (TPSA) is 18.5 Å². The minimum absolute atomic E-state index is 0.0144. The second-order valence-electron chi connectivity index (χ2n) is 4.09. The molecule has 2 rings (SSSR count). The number of rotatable bonds is 4. The highest BCUT2D eigenvalue weighted by molar-refractivity contribution is 5.29. The highest BCUT2D eigenvalue weighted by Crippen LogP contribution is 2.23. The SMILES string of the molecule is CCC(C)c1ccc(OC2CCO2)cc1. The molecule has 0 spiro atoms. The van der Waals surface area contributed by atoms with Gasteiger partial charge in [0.05, 0.1) is 6.61 Å². The smallest absolute Gasteiger partial charge is 0.202 e. The summed E-state index contributed by atoms with van der Waals surface area (Å²) in [5.74, 6) is 1.53. The van der Waals surface area contributed by atoms with E-state index in [9.17, 15) is 0 Å². The van der Waals surface area contributed by atoms with Gasteiger partial charge in [-0.15, -0.1) is 0 Å². The summed E-state index contributed by atoms with van der Waals surface area (Å²) >= 11 is 0. The molecule has 15 heavy (non-hydrogen) atoms. The van der Waals surface area contributed by atoms with Gasteiger partial charge >= 0.3 is 0 Å². The van der Waals surface area contributed by atoms with Crippen LogP contribution in [0.2, 0.25) is 0 Å². The summed E-state index contributed by atoms with van der Waals surface area (Å²) in [5.41, 5.74) is 1.37. The Kier molecular flexibility index (Phi) is 3.27. The number of benzene rings is 1. The Balaban J connectivity index is 1.96. The van der Waals surface area contributed by atoms with Crippen molar-refractivity contribution in [3.8, 4) is 5.75 Å². The molecule has 0 bridgehead atoms. The van der Waals surface area contributed by atoms with Crippen molar-refractivity contribution in [2.24, 2.45) is 0 Å². The molecule has 1 aliphatic rings. The van der Waals surface area contributed by atoms with Crippen LogP contribution in [0.25, 0.3) is 0 Å². The molecule has 1 fully saturated rings. The van der Waals surface area contributed by atoms with Gasteiger partial charge in [-0.1, -0.05) is 26.0 Å². The average Bonchev–Trinajstić information content (AvgIpc) is 2.23. The Morgan fingerprint density at radius 2 is 2.07 bits per heavy atom. The Bertz CT molecular complexity index is 301. The zero-order chi connectivity index (χ0) is 10.7. The molecule has 82 valence electrons. The van der Waals surface area contributed by atoms with Crippen molar-refractivity contribution in [1.82, 2.24) is 0 Å². The van der Waals surface area contributed by atoms with Crippen LogP contribution in [0.4, 0.5) is 0 Å². The van der Waals surface area contributed by atoms with Crippen molar-refractivity contribution in [2.75, 3.05) is 6.61 Å². The van der Waals surface area contributed by atoms with Gasteiger partial charge in [0, 0.05) is 6.42 Å². The summed E-state index contributed by atoms with van der Waals surface area (Å²) in [6, 6.07) is 8.34. The van der Waals surface area contributed by atoms with Crippen LogP contribution in [0.1, 0.15) is 38.2 Å². The van der Waals surface area contributed by atoms with Crippen LogP contribution < -0.4 is 4.74 Å². The van der Waals surface area contributed by atoms with E-state index in [0.717, 1.165) is 18.8 Å². The normalized spacial score (nSPS) is 21.9. The maximum absolute atomic E-state index is 5.60. The van der Waals surface area contributed by atoms with Crippen molar-refractivity contribution in [3.05, 3.63) is 29.8 Å². The van der Waals surface area contributed by atoms with Gasteiger partial charge in [-0.3, -0.25) is 0 Å². The lowest BCUT2D eigenvalue weighted by atomic mass is 9.99. The maximum atomic E-state index is 5.60. The fourth-order valence-corrected chi connectivity index (χ4v) is 1.57. The monoisotopic (exact) mass is 206 g/mol. The molecule has 1 heterocycles. The molecule has 2 unspecified atom stereocenters. The summed E-state index contributed by atoms with van der Waals surface area (Å²) in [6.07, 6.45) is 2.17. The Morgan fingerprint density at radius 1 is 1.40 bits per heavy atom. The molecule has 0 aliphatic carbocycles. The third kappa shape index (κ3) is 2.51. The third-order valence-corrected chi connectivity index (χ3v) is 2.99. The van der Waals surface area contributed by atoms with Gasteiger partial charge in [-0.2, -0.15) is 0 Å². The minimum atomic E-state index is -0.0144. The van der Waals surface area contributed by atoms with Crippen LogP contribution in [0.5, 0.6) is 5.75 Å². The van der Waals surface area contributed by atoms with E-state index in [2.05, 4.69) is 26.0 Å². The van der Waals surface area contributed by atoms with Crippen LogP contribution >= 0.6 is 0 Å². The van der Waals surface area contributed by atoms with E-state index in [-0.39, 0.29) is 6.29 Å². The van der Waals surface area contributed by atoms with Crippen molar-refractivity contribution >= 4 is 0 Å². The first kappa shape index (κ1) is 10.5. The summed E-state index contributed by atoms with van der Waals surface area (Å²) in [7, 11) is 0. The fraction of sp³-hybridized carbons (Fsp3) is 0.538. The molecule has 1 aliphatic heterocycles. The molecule has 2 nitrogen and oxygen atoms in total. The zero-order valence-corrected chi connectivity index (χ0v) is 9.40. The van der Waals surface area contributed by atoms with E-state index in [1.54, 1.807) is 0 Å². The fourth-order valence-electron chi connectivity index (χ4n) is 1.57. The predicted molar refractivity (Wildman–Crippen MR) is 60.1 cm³/mol. The molecule has 2 heteroatoms. The first-order valence-electron chi connectivity index (χ1n) is 5.68. The summed E-state index contributed by atoms with van der Waals surface area (Å²) in [4.78, 5) is 0. The molecule has 1 saturated heterocycles. The van der Waals surface area contributed by atoms with Crippen LogP contribution in [-0.4, -0.2) is 12.9 Å². The van der Waals surface area contributed by atoms with E-state index < -0.39 is 0 Å². The second kappa shape index (κ2) is 4.67. The largest absolute Gasteiger partial charge is 0.465 e. The minimum Gasteiger partial charge on any atom is -0.465 e. The maximum Gasteiger partial charge on any atom is 0.202 e. The summed E-state index contributed by atoms with van der Waals surface area (Å²) < 4.78 is 10.8. The number of ether oxygens (including phenoxy) is 2. The highest BCUT2D eigenvalue weighted by Gasteiger charge is 2.19. The lowest BCUT2D eigenvalue weighted by molar-refractivity contribution is -0.165. The predicted octanol–water partition coefficient (Wildman–Crippen LogP) is 3.33. The standard InChI is InChI=1S/C13H18O2/c1-3-10(2)11-4-6-12(7-5-11)15-13-8-9-14-13/h4-7,10,13H,3,8-9H2,1-2H3. The number of hydrogen-bond donors (Lipinski definition) is 0. The summed E-state index contributed by atoms with van der Waals surface area (Å²) in [5, 5.41) is 0. The molecular weight excluding hydrogens is 188 g/mol. The van der Waals surface area contributed by atoms with Gasteiger partial charge in [-0.05, 0) is 30.0 Å². The van der Waals surface area contributed by atoms with Gasteiger partial charge in [0.1, 0.15) is 5.75 Å². The van der Waals surface area contributed by atoms with Gasteiger partial charge in [0.2, 0.25) is 6.29 Å². The van der Waals surface area contributed by atoms with Crippen molar-refractivity contribution in [2.45, 2.75) is 38.9 Å². The zero-order valence-electron chi connectivity index (χ0n) is 9.40. The molecule has 0 N–H and O–H groups in total. The Morgan fingerprint density at radius 3 is 2.53 bits per heavy atom. The van der Waals surface area contributed by atoms with E-state index in [4.69, 9.17) is 9.47 Å². The van der Waals surface area contributed by atoms with Crippen LogP contribution in [0.3, 0.4) is 0 Å². The lowest BCUT2D eigenvalue weighted by Gasteiger charge is -2.26. The molecule has 0 radical (unpaired) electrons. The van der Waals surface area contributed by atoms with Crippen LogP contribution in [0.15, 0.2) is 24.3 Å². The van der Waals surface area contributed by atoms with E-state index >= 15 is 0 Å². The van der Waals surface area contributed by atoms with Crippen molar-refractivity contribution in [1.29, 1.82) is 0 Å². The first-order valence-corrected chi connectivity index (χ1v) is 5.68. The van der Waals surface area contributed by atoms with Gasteiger partial charge in [0.25, 0.3) is 0 Å². The Hall–Kier alpha value is -1.02. The van der Waals surface area contributed by atoms with Crippen LogP contribution in [0, 0.1) is 0 Å². The van der Waals surface area contributed by atoms with Gasteiger partial charge in [0.15, 0.2) is 0 Å². The van der Waals surface area contributed by atoms with Crippen molar-refractivity contribution in [3.63, 3.8) is 0 Å². The van der Waals surface area contributed by atoms with Crippen molar-refractivity contribution < 1.29 is 9.47 Å². The molecule has 0 saturated carbocycles. The van der Waals surface area contributed by atoms with E-state index in [1.165, 1.54) is 12.0 Å². The first-order chi connectivity index (χ1) is 7.29. The van der Waals surface area contributed by atoms with Crippen LogP contribution in [-0.2, 0) is 4.74 Å². The van der Waals surface area contributed by atoms with E-state index in [0.29, 0.717) is 5.92 Å². The van der Waals surface area contributed by atoms with Gasteiger partial charge < -0.3 is 9.47 Å². The molecule has 1 aromatic rings. The lowest BCUT2D eigenvalue weighted by Crippen LogP contribution is -2.32. The molecular formula is C13H18O2. The highest BCUT2D eigenvalue weighted by atomic mass is 16.7. The summed E-state index contributed by atoms with van der Waals surface area (Å²) in [6.45, 7) is 5.28. The third-order valence-electron chi connectivity index (χ3n) is 2.99. The van der Waals surface area contributed by atoms with Gasteiger partial charge in [-0.25, -0.2) is 0 Å².